The maximum Gasteiger partial charge on any atom is 0.216 e. The lowest BCUT2D eigenvalue weighted by Gasteiger charge is -2.07. The maximum absolute atomic E-state index is 11.8. The number of hydrogen-bond acceptors (Lipinski definition) is 5. The van der Waals surface area contributed by atoms with E-state index in [0.717, 1.165) is 0 Å². The lowest BCUT2D eigenvalue weighted by Crippen LogP contribution is -2.25. The van der Waals surface area contributed by atoms with Gasteiger partial charge in [-0.05, 0) is 11.6 Å². The molecule has 0 unspecified atom stereocenters. The summed E-state index contributed by atoms with van der Waals surface area (Å²) in [4.78, 5) is 3.83. The van der Waals surface area contributed by atoms with Crippen LogP contribution in [0, 0.1) is 0 Å². The number of aromatic nitrogens is 3. The molecule has 0 aliphatic heterocycles. The summed E-state index contributed by atoms with van der Waals surface area (Å²) in [7, 11) is -3.45. The number of sulfonamides is 1. The van der Waals surface area contributed by atoms with Crippen LogP contribution >= 0.6 is 0 Å². The van der Waals surface area contributed by atoms with Crippen LogP contribution in [-0.2, 0) is 22.3 Å². The second-order valence-corrected chi connectivity index (χ2v) is 5.52. The zero-order valence-electron chi connectivity index (χ0n) is 9.50. The maximum atomic E-state index is 11.8. The highest BCUT2D eigenvalue weighted by Crippen LogP contribution is 2.13. The van der Waals surface area contributed by atoms with E-state index in [1.165, 1.54) is 6.33 Å². The number of para-hydroxylation sites is 1. The van der Waals surface area contributed by atoms with Gasteiger partial charge in [0.25, 0.3) is 0 Å². The van der Waals surface area contributed by atoms with Crippen LogP contribution in [0.2, 0.25) is 0 Å². The van der Waals surface area contributed by atoms with Gasteiger partial charge in [0.1, 0.15) is 12.2 Å². The summed E-state index contributed by atoms with van der Waals surface area (Å²) in [5.74, 6) is 0.299. The number of rotatable bonds is 5. The minimum Gasteiger partial charge on any atom is -0.398 e. The first-order valence-corrected chi connectivity index (χ1v) is 6.87. The fraction of sp³-hybridized carbons (Fsp3) is 0.200. The fourth-order valence-corrected chi connectivity index (χ4v) is 2.55. The SMILES string of the molecule is Nc1ccccc1CS(=O)(=O)NCc1ncn[nH]1. The Morgan fingerprint density at radius 3 is 2.78 bits per heavy atom. The summed E-state index contributed by atoms with van der Waals surface area (Å²) in [5.41, 5.74) is 6.73. The lowest BCUT2D eigenvalue weighted by atomic mass is 10.2. The van der Waals surface area contributed by atoms with Crippen LogP contribution in [0.1, 0.15) is 11.4 Å². The van der Waals surface area contributed by atoms with Crippen molar-refractivity contribution in [1.29, 1.82) is 0 Å². The summed E-state index contributed by atoms with van der Waals surface area (Å²) in [6.07, 6.45) is 1.32. The first-order chi connectivity index (χ1) is 8.57. The Morgan fingerprint density at radius 1 is 1.33 bits per heavy atom. The van der Waals surface area contributed by atoms with Crippen molar-refractivity contribution < 1.29 is 8.42 Å². The van der Waals surface area contributed by atoms with Crippen LogP contribution in [-0.4, -0.2) is 23.6 Å². The van der Waals surface area contributed by atoms with Crippen molar-refractivity contribution in [2.45, 2.75) is 12.3 Å². The Bertz CT molecular complexity index is 609. The van der Waals surface area contributed by atoms with E-state index in [1.54, 1.807) is 24.3 Å². The van der Waals surface area contributed by atoms with Gasteiger partial charge in [-0.2, -0.15) is 5.10 Å². The Balaban J connectivity index is 2.02. The summed E-state index contributed by atoms with van der Waals surface area (Å²) >= 11 is 0. The molecule has 1 heterocycles. The predicted molar refractivity (Wildman–Crippen MR) is 66.7 cm³/mol. The monoisotopic (exact) mass is 267 g/mol. The topological polar surface area (TPSA) is 114 Å². The standard InChI is InChI=1S/C10H13N5O2S/c11-9-4-2-1-3-8(9)6-18(16,17)14-5-10-12-7-13-15-10/h1-4,7,14H,5-6,11H2,(H,12,13,15). The molecule has 96 valence electrons. The van der Waals surface area contributed by atoms with E-state index in [-0.39, 0.29) is 12.3 Å². The molecule has 1 aromatic heterocycles. The average molecular weight is 267 g/mol. The van der Waals surface area contributed by atoms with Crippen LogP contribution in [0.5, 0.6) is 0 Å². The van der Waals surface area contributed by atoms with Crippen molar-refractivity contribution in [2.24, 2.45) is 0 Å². The summed E-state index contributed by atoms with van der Waals surface area (Å²) in [5, 5.41) is 6.20. The van der Waals surface area contributed by atoms with Gasteiger partial charge in [-0.25, -0.2) is 18.1 Å². The molecule has 0 spiro atoms. The molecule has 0 aliphatic rings. The first kappa shape index (κ1) is 12.5. The number of benzene rings is 1. The van der Waals surface area contributed by atoms with Gasteiger partial charge in [-0.1, -0.05) is 18.2 Å². The quantitative estimate of drug-likeness (QED) is 0.660. The summed E-state index contributed by atoms with van der Waals surface area (Å²) in [6.45, 7) is 0.0784. The number of anilines is 1. The van der Waals surface area contributed by atoms with E-state index in [9.17, 15) is 8.42 Å². The van der Waals surface area contributed by atoms with Crippen molar-refractivity contribution in [2.75, 3.05) is 5.73 Å². The van der Waals surface area contributed by atoms with E-state index in [2.05, 4.69) is 19.9 Å². The van der Waals surface area contributed by atoms with Gasteiger partial charge in [-0.3, -0.25) is 5.10 Å². The van der Waals surface area contributed by atoms with Gasteiger partial charge in [0, 0.05) is 5.69 Å². The molecule has 0 bridgehead atoms. The van der Waals surface area contributed by atoms with Crippen molar-refractivity contribution in [1.82, 2.24) is 19.9 Å². The molecule has 7 nitrogen and oxygen atoms in total. The molecule has 0 amide bonds. The Labute approximate surface area is 104 Å². The van der Waals surface area contributed by atoms with E-state index >= 15 is 0 Å². The third kappa shape index (κ3) is 3.28. The minimum absolute atomic E-state index is 0.0784. The zero-order chi connectivity index (χ0) is 13.0. The molecule has 0 saturated carbocycles. The van der Waals surface area contributed by atoms with Crippen LogP contribution < -0.4 is 10.5 Å². The van der Waals surface area contributed by atoms with Crippen molar-refractivity contribution in [3.63, 3.8) is 0 Å². The second kappa shape index (κ2) is 5.15. The average Bonchev–Trinajstić information content (AvgIpc) is 2.83. The number of nitrogens with two attached hydrogens (primary N) is 1. The highest BCUT2D eigenvalue weighted by atomic mass is 32.2. The highest BCUT2D eigenvalue weighted by molar-refractivity contribution is 7.88. The molecule has 1 aromatic carbocycles. The van der Waals surface area contributed by atoms with Gasteiger partial charge in [-0.15, -0.1) is 0 Å². The third-order valence-corrected chi connectivity index (χ3v) is 3.60. The van der Waals surface area contributed by atoms with Gasteiger partial charge in [0.05, 0.1) is 12.3 Å². The van der Waals surface area contributed by atoms with Gasteiger partial charge in [0.2, 0.25) is 10.0 Å². The number of nitrogens with one attached hydrogen (secondary N) is 2. The number of nitrogen functional groups attached to an aromatic ring is 1. The molecule has 2 rings (SSSR count). The number of aromatic amines is 1. The fourth-order valence-electron chi connectivity index (χ4n) is 1.42. The van der Waals surface area contributed by atoms with Crippen LogP contribution in [0.15, 0.2) is 30.6 Å². The number of H-pyrrole nitrogens is 1. The Morgan fingerprint density at radius 2 is 2.11 bits per heavy atom. The molecule has 2 aromatic rings. The van der Waals surface area contributed by atoms with Gasteiger partial charge < -0.3 is 5.73 Å². The number of nitrogens with zero attached hydrogens (tertiary/aromatic N) is 2. The lowest BCUT2D eigenvalue weighted by molar-refractivity contribution is 0.578. The Hall–Kier alpha value is -1.93. The molecule has 0 atom stereocenters. The molecular formula is C10H13N5O2S. The summed E-state index contributed by atoms with van der Waals surface area (Å²) in [6, 6.07) is 6.86. The normalized spacial score (nSPS) is 11.6. The third-order valence-electron chi connectivity index (χ3n) is 2.33. The molecule has 0 radical (unpaired) electrons. The summed E-state index contributed by atoms with van der Waals surface area (Å²) < 4.78 is 26.1. The molecular weight excluding hydrogens is 254 g/mol. The van der Waals surface area contributed by atoms with Gasteiger partial charge >= 0.3 is 0 Å². The molecule has 0 fully saturated rings. The van der Waals surface area contributed by atoms with E-state index in [1.807, 2.05) is 0 Å². The Kier molecular flexibility index (Phi) is 3.58. The van der Waals surface area contributed by atoms with E-state index < -0.39 is 10.0 Å². The molecule has 8 heteroatoms. The van der Waals surface area contributed by atoms with Crippen LogP contribution in [0.25, 0.3) is 0 Å². The van der Waals surface area contributed by atoms with E-state index in [4.69, 9.17) is 5.73 Å². The molecule has 0 aliphatic carbocycles. The van der Waals surface area contributed by atoms with Crippen molar-refractivity contribution >= 4 is 15.7 Å². The predicted octanol–water partition coefficient (Wildman–Crippen LogP) is 0.00650. The van der Waals surface area contributed by atoms with Crippen LogP contribution in [0.4, 0.5) is 5.69 Å². The molecule has 4 N–H and O–H groups in total. The largest absolute Gasteiger partial charge is 0.398 e. The molecule has 0 saturated heterocycles. The van der Waals surface area contributed by atoms with Gasteiger partial charge in [0.15, 0.2) is 0 Å². The second-order valence-electron chi connectivity index (χ2n) is 3.71. The minimum atomic E-state index is -3.45. The van der Waals surface area contributed by atoms with E-state index in [0.29, 0.717) is 17.1 Å². The van der Waals surface area contributed by atoms with Crippen molar-refractivity contribution in [3.05, 3.63) is 42.0 Å². The molecule has 18 heavy (non-hydrogen) atoms. The number of hydrogen-bond donors (Lipinski definition) is 3. The highest BCUT2D eigenvalue weighted by Gasteiger charge is 2.13. The first-order valence-electron chi connectivity index (χ1n) is 5.22. The van der Waals surface area contributed by atoms with Crippen molar-refractivity contribution in [3.8, 4) is 0 Å². The zero-order valence-corrected chi connectivity index (χ0v) is 10.3. The smallest absolute Gasteiger partial charge is 0.216 e. The van der Waals surface area contributed by atoms with Crippen LogP contribution in [0.3, 0.4) is 0 Å².